The Morgan fingerprint density at radius 1 is 1.47 bits per heavy atom. The van der Waals surface area contributed by atoms with Crippen molar-refractivity contribution in [2.75, 3.05) is 13.1 Å². The van der Waals surface area contributed by atoms with Gasteiger partial charge in [0.05, 0.1) is 13.1 Å². The molecule has 1 aromatic rings. The summed E-state index contributed by atoms with van der Waals surface area (Å²) < 4.78 is 26.2. The zero-order valence-corrected chi connectivity index (χ0v) is 11.2. The molecule has 0 aliphatic rings. The van der Waals surface area contributed by atoms with Gasteiger partial charge in [-0.1, -0.05) is 22.0 Å². The average Bonchev–Trinajstić information content (AvgIpc) is 2.26. The summed E-state index contributed by atoms with van der Waals surface area (Å²) in [6, 6.07) is 6.49. The molecule has 0 unspecified atom stereocenters. The van der Waals surface area contributed by atoms with Gasteiger partial charge in [-0.25, -0.2) is 8.78 Å². The fourth-order valence-electron chi connectivity index (χ4n) is 1.01. The molecule has 3 N–H and O–H groups in total. The summed E-state index contributed by atoms with van der Waals surface area (Å²) in [6.45, 7) is -1.54. The molecule has 0 atom stereocenters. The number of hydrogen-bond donors (Lipinski definition) is 2. The van der Waals surface area contributed by atoms with Crippen LogP contribution in [-0.4, -0.2) is 24.9 Å². The van der Waals surface area contributed by atoms with Gasteiger partial charge in [0.25, 0.3) is 11.8 Å². The van der Waals surface area contributed by atoms with Crippen LogP contribution in [0.5, 0.6) is 0 Å². The predicted molar refractivity (Wildman–Crippen MR) is 67.7 cm³/mol. The molecule has 0 aliphatic heterocycles. The van der Waals surface area contributed by atoms with Crippen molar-refractivity contribution in [3.63, 3.8) is 0 Å². The normalized spacial score (nSPS) is 10.6. The molecule has 0 fully saturated rings. The van der Waals surface area contributed by atoms with E-state index in [1.807, 2.05) is 0 Å². The molecule has 96 valence electrons. The highest BCUT2D eigenvalue weighted by molar-refractivity contribution is 9.10. The molecule has 0 saturated carbocycles. The first-order valence-corrected chi connectivity index (χ1v) is 5.35. The van der Waals surface area contributed by atoms with E-state index in [0.29, 0.717) is 10.0 Å². The van der Waals surface area contributed by atoms with Crippen molar-refractivity contribution in [2.24, 2.45) is 5.73 Å². The van der Waals surface area contributed by atoms with Gasteiger partial charge in [0.2, 0.25) is 0 Å². The first kappa shape index (κ1) is 16.3. The Hall–Kier alpha value is -0.720. The van der Waals surface area contributed by atoms with Crippen LogP contribution in [0.25, 0.3) is 0 Å². The molecule has 3 nitrogen and oxygen atoms in total. The zero-order valence-electron chi connectivity index (χ0n) is 8.75. The molecule has 0 radical (unpaired) electrons. The highest BCUT2D eigenvalue weighted by Gasteiger charge is 2.27. The molecular weight excluding hydrogens is 317 g/mol. The largest absolute Gasteiger partial charge is 0.346 e. The van der Waals surface area contributed by atoms with Crippen molar-refractivity contribution < 1.29 is 13.6 Å². The van der Waals surface area contributed by atoms with Crippen LogP contribution in [-0.2, 0) is 0 Å². The number of carbonyl (C=O) groups excluding carboxylic acids is 1. The Kier molecular flexibility index (Phi) is 6.59. The van der Waals surface area contributed by atoms with Gasteiger partial charge in [0, 0.05) is 10.0 Å². The van der Waals surface area contributed by atoms with Crippen molar-refractivity contribution in [1.29, 1.82) is 0 Å². The second-order valence-electron chi connectivity index (χ2n) is 3.25. The van der Waals surface area contributed by atoms with Crippen LogP contribution in [0, 0.1) is 0 Å². The van der Waals surface area contributed by atoms with Crippen LogP contribution < -0.4 is 11.1 Å². The summed E-state index contributed by atoms with van der Waals surface area (Å²) in [5, 5.41) is 2.13. The molecule has 0 aromatic heterocycles. The monoisotopic (exact) mass is 328 g/mol. The summed E-state index contributed by atoms with van der Waals surface area (Å²) in [6.07, 6.45) is 0. The van der Waals surface area contributed by atoms with Crippen LogP contribution >= 0.6 is 28.3 Å². The van der Waals surface area contributed by atoms with Crippen molar-refractivity contribution in [1.82, 2.24) is 5.32 Å². The Balaban J connectivity index is 0.00000256. The van der Waals surface area contributed by atoms with E-state index in [-0.39, 0.29) is 12.4 Å². The molecule has 1 amide bonds. The second kappa shape index (κ2) is 6.88. The van der Waals surface area contributed by atoms with E-state index in [4.69, 9.17) is 5.73 Å². The molecule has 1 aromatic carbocycles. The number of rotatable bonds is 4. The van der Waals surface area contributed by atoms with E-state index in [1.54, 1.807) is 24.3 Å². The summed E-state index contributed by atoms with van der Waals surface area (Å²) in [4.78, 5) is 11.5. The minimum Gasteiger partial charge on any atom is -0.346 e. The first-order chi connectivity index (χ1) is 7.44. The summed E-state index contributed by atoms with van der Waals surface area (Å²) >= 11 is 3.19. The van der Waals surface area contributed by atoms with Crippen molar-refractivity contribution >= 4 is 34.2 Å². The minimum atomic E-state index is -3.07. The lowest BCUT2D eigenvalue weighted by molar-refractivity contribution is 0.0118. The first-order valence-electron chi connectivity index (χ1n) is 4.56. The van der Waals surface area contributed by atoms with E-state index >= 15 is 0 Å². The lowest BCUT2D eigenvalue weighted by Gasteiger charge is -2.14. The van der Waals surface area contributed by atoms with Gasteiger partial charge < -0.3 is 11.1 Å². The topological polar surface area (TPSA) is 55.1 Å². The summed E-state index contributed by atoms with van der Waals surface area (Å²) in [5.74, 6) is -3.61. The highest BCUT2D eigenvalue weighted by atomic mass is 79.9. The van der Waals surface area contributed by atoms with Gasteiger partial charge in [0.15, 0.2) is 0 Å². The molecule has 1 rings (SSSR count). The fourth-order valence-corrected chi connectivity index (χ4v) is 1.41. The SMILES string of the molecule is Cl.NCC(F)(F)CNC(=O)c1cccc(Br)c1. The van der Waals surface area contributed by atoms with Crippen LogP contribution in [0.4, 0.5) is 8.78 Å². The Morgan fingerprint density at radius 2 is 2.12 bits per heavy atom. The van der Waals surface area contributed by atoms with E-state index in [1.165, 1.54) is 0 Å². The number of benzene rings is 1. The summed E-state index contributed by atoms with van der Waals surface area (Å²) in [5.41, 5.74) is 5.17. The molecule has 0 saturated heterocycles. The lowest BCUT2D eigenvalue weighted by atomic mass is 10.2. The number of nitrogens with two attached hydrogens (primary N) is 1. The van der Waals surface area contributed by atoms with E-state index < -0.39 is 24.9 Å². The summed E-state index contributed by atoms with van der Waals surface area (Å²) in [7, 11) is 0. The third-order valence-electron chi connectivity index (χ3n) is 1.89. The molecule has 0 spiro atoms. The molecule has 17 heavy (non-hydrogen) atoms. The fraction of sp³-hybridized carbons (Fsp3) is 0.300. The van der Waals surface area contributed by atoms with Crippen molar-refractivity contribution in [3.8, 4) is 0 Å². The number of carbonyl (C=O) groups is 1. The van der Waals surface area contributed by atoms with Crippen LogP contribution in [0.15, 0.2) is 28.7 Å². The van der Waals surface area contributed by atoms with Gasteiger partial charge in [0.1, 0.15) is 0 Å². The van der Waals surface area contributed by atoms with E-state index in [9.17, 15) is 13.6 Å². The number of hydrogen-bond acceptors (Lipinski definition) is 2. The van der Waals surface area contributed by atoms with Crippen molar-refractivity contribution in [3.05, 3.63) is 34.3 Å². The smallest absolute Gasteiger partial charge is 0.277 e. The van der Waals surface area contributed by atoms with Gasteiger partial charge in [-0.2, -0.15) is 0 Å². The Bertz CT molecular complexity index is 390. The maximum atomic E-state index is 12.8. The number of alkyl halides is 2. The number of amides is 1. The van der Waals surface area contributed by atoms with Gasteiger partial charge >= 0.3 is 0 Å². The van der Waals surface area contributed by atoms with E-state index in [0.717, 1.165) is 0 Å². The van der Waals surface area contributed by atoms with Gasteiger partial charge in [-0.05, 0) is 18.2 Å². The standard InChI is InChI=1S/C10H11BrF2N2O.ClH/c11-8-3-1-2-7(4-8)9(16)15-6-10(12,13)5-14;/h1-4H,5-6,14H2,(H,15,16);1H. The number of nitrogens with one attached hydrogen (secondary N) is 1. The van der Waals surface area contributed by atoms with Gasteiger partial charge in [-0.15, -0.1) is 12.4 Å². The van der Waals surface area contributed by atoms with E-state index in [2.05, 4.69) is 21.2 Å². The Morgan fingerprint density at radius 3 is 2.65 bits per heavy atom. The predicted octanol–water partition coefficient (Wildman–Crippen LogP) is 2.19. The second-order valence-corrected chi connectivity index (χ2v) is 4.17. The molecule has 7 heteroatoms. The van der Waals surface area contributed by atoms with Crippen LogP contribution in [0.3, 0.4) is 0 Å². The molecular formula is C10H12BrClF2N2O. The quantitative estimate of drug-likeness (QED) is 0.890. The van der Waals surface area contributed by atoms with Crippen LogP contribution in [0.1, 0.15) is 10.4 Å². The third kappa shape index (κ3) is 5.43. The third-order valence-corrected chi connectivity index (χ3v) is 2.39. The van der Waals surface area contributed by atoms with Crippen molar-refractivity contribution in [2.45, 2.75) is 5.92 Å². The maximum absolute atomic E-state index is 12.8. The highest BCUT2D eigenvalue weighted by Crippen LogP contribution is 2.12. The number of halogens is 4. The maximum Gasteiger partial charge on any atom is 0.277 e. The molecule has 0 aliphatic carbocycles. The molecule has 0 heterocycles. The molecule has 0 bridgehead atoms. The van der Waals surface area contributed by atoms with Gasteiger partial charge in [-0.3, -0.25) is 4.79 Å². The Labute approximate surface area is 112 Å². The average molecular weight is 330 g/mol. The minimum absolute atomic E-state index is 0. The zero-order chi connectivity index (χ0) is 12.2. The van der Waals surface area contributed by atoms with Crippen LogP contribution in [0.2, 0.25) is 0 Å². The lowest BCUT2D eigenvalue weighted by Crippen LogP contribution is -2.41.